The van der Waals surface area contributed by atoms with Crippen LogP contribution in [-0.4, -0.2) is 5.78 Å². The molecule has 0 spiro atoms. The SMILES string of the molecule is Cc1ccc(C(CC(=O)c2ccc3ccccc3c2)Nc2ccc(C)c(C)c2)cc1. The largest absolute Gasteiger partial charge is 0.378 e. The zero-order valence-electron chi connectivity index (χ0n) is 17.8. The van der Waals surface area contributed by atoms with Gasteiger partial charge in [0, 0.05) is 17.7 Å². The number of Topliss-reactive ketones (excluding diaryl/α,β-unsaturated/α-hetero) is 1. The summed E-state index contributed by atoms with van der Waals surface area (Å²) in [6.45, 7) is 6.30. The molecular formula is C28H27NO. The molecule has 4 aromatic carbocycles. The van der Waals surface area contributed by atoms with Gasteiger partial charge in [-0.15, -0.1) is 0 Å². The van der Waals surface area contributed by atoms with E-state index in [4.69, 9.17) is 0 Å². The average molecular weight is 394 g/mol. The normalized spacial score (nSPS) is 12.0. The molecule has 0 bridgehead atoms. The molecule has 0 aliphatic heterocycles. The number of ketones is 1. The summed E-state index contributed by atoms with van der Waals surface area (Å²) in [6, 6.07) is 28.8. The first-order valence-corrected chi connectivity index (χ1v) is 10.4. The second kappa shape index (κ2) is 8.54. The molecule has 1 atom stereocenters. The second-order valence-electron chi connectivity index (χ2n) is 8.10. The molecule has 0 aromatic heterocycles. The Morgan fingerprint density at radius 1 is 0.767 bits per heavy atom. The van der Waals surface area contributed by atoms with E-state index in [2.05, 4.69) is 80.7 Å². The summed E-state index contributed by atoms with van der Waals surface area (Å²) >= 11 is 0. The van der Waals surface area contributed by atoms with Gasteiger partial charge in [0.2, 0.25) is 0 Å². The molecule has 0 saturated heterocycles. The minimum absolute atomic E-state index is 0.0910. The molecule has 1 unspecified atom stereocenters. The van der Waals surface area contributed by atoms with E-state index >= 15 is 0 Å². The van der Waals surface area contributed by atoms with Gasteiger partial charge in [0.15, 0.2) is 5.78 Å². The summed E-state index contributed by atoms with van der Waals surface area (Å²) in [5.41, 5.74) is 6.63. The van der Waals surface area contributed by atoms with E-state index < -0.39 is 0 Å². The summed E-state index contributed by atoms with van der Waals surface area (Å²) in [5, 5.41) is 5.84. The number of fused-ring (bicyclic) bond motifs is 1. The zero-order valence-corrected chi connectivity index (χ0v) is 17.8. The van der Waals surface area contributed by atoms with E-state index in [1.807, 2.05) is 30.3 Å². The zero-order chi connectivity index (χ0) is 21.1. The van der Waals surface area contributed by atoms with Gasteiger partial charge in [-0.2, -0.15) is 0 Å². The van der Waals surface area contributed by atoms with Gasteiger partial charge < -0.3 is 5.32 Å². The first kappa shape index (κ1) is 19.9. The van der Waals surface area contributed by atoms with Crippen molar-refractivity contribution in [3.8, 4) is 0 Å². The second-order valence-corrected chi connectivity index (χ2v) is 8.10. The van der Waals surface area contributed by atoms with Crippen LogP contribution >= 0.6 is 0 Å². The summed E-state index contributed by atoms with van der Waals surface area (Å²) in [4.78, 5) is 13.2. The molecule has 0 aliphatic rings. The van der Waals surface area contributed by atoms with E-state index in [0.29, 0.717) is 6.42 Å². The van der Waals surface area contributed by atoms with Crippen molar-refractivity contribution in [1.82, 2.24) is 0 Å². The Hall–Kier alpha value is -3.39. The Bertz CT molecular complexity index is 1190. The lowest BCUT2D eigenvalue weighted by Gasteiger charge is -2.21. The van der Waals surface area contributed by atoms with E-state index in [-0.39, 0.29) is 11.8 Å². The molecule has 1 N–H and O–H groups in total. The van der Waals surface area contributed by atoms with E-state index in [9.17, 15) is 4.79 Å². The third-order valence-corrected chi connectivity index (χ3v) is 5.79. The summed E-state index contributed by atoms with van der Waals surface area (Å²) in [7, 11) is 0. The van der Waals surface area contributed by atoms with Gasteiger partial charge in [-0.05, 0) is 66.4 Å². The van der Waals surface area contributed by atoms with E-state index in [1.165, 1.54) is 16.7 Å². The van der Waals surface area contributed by atoms with Crippen LogP contribution in [0.1, 0.15) is 45.1 Å². The number of benzene rings is 4. The third-order valence-electron chi connectivity index (χ3n) is 5.79. The highest BCUT2D eigenvalue weighted by Gasteiger charge is 2.18. The maximum absolute atomic E-state index is 13.2. The van der Waals surface area contributed by atoms with Crippen LogP contribution in [0.2, 0.25) is 0 Å². The molecular weight excluding hydrogens is 366 g/mol. The fraction of sp³-hybridized carbons (Fsp3) is 0.179. The molecule has 0 fully saturated rings. The van der Waals surface area contributed by atoms with Crippen molar-refractivity contribution in [3.05, 3.63) is 113 Å². The van der Waals surface area contributed by atoms with E-state index in [1.54, 1.807) is 0 Å². The molecule has 2 heteroatoms. The predicted octanol–water partition coefficient (Wildman–Crippen LogP) is 7.19. The van der Waals surface area contributed by atoms with Gasteiger partial charge in [0.25, 0.3) is 0 Å². The van der Waals surface area contributed by atoms with Crippen molar-refractivity contribution in [2.24, 2.45) is 0 Å². The van der Waals surface area contributed by atoms with Crippen LogP contribution in [0.4, 0.5) is 5.69 Å². The molecule has 0 heterocycles. The Labute approximate surface area is 178 Å². The van der Waals surface area contributed by atoms with Crippen LogP contribution in [0.25, 0.3) is 10.8 Å². The molecule has 2 nitrogen and oxygen atoms in total. The van der Waals surface area contributed by atoms with Crippen LogP contribution in [0.15, 0.2) is 84.9 Å². The number of aryl methyl sites for hydroxylation is 3. The van der Waals surface area contributed by atoms with Gasteiger partial charge in [-0.25, -0.2) is 0 Å². The Kier molecular flexibility index (Phi) is 5.67. The van der Waals surface area contributed by atoms with Crippen molar-refractivity contribution in [3.63, 3.8) is 0 Å². The average Bonchev–Trinajstić information content (AvgIpc) is 2.76. The predicted molar refractivity (Wildman–Crippen MR) is 126 cm³/mol. The van der Waals surface area contributed by atoms with Gasteiger partial charge in [-0.1, -0.05) is 72.3 Å². The molecule has 0 aliphatic carbocycles. The number of carbonyl (C=O) groups is 1. The first-order valence-electron chi connectivity index (χ1n) is 10.4. The number of nitrogens with one attached hydrogen (secondary N) is 1. The Balaban J connectivity index is 1.63. The lowest BCUT2D eigenvalue weighted by atomic mass is 9.95. The Morgan fingerprint density at radius 2 is 1.50 bits per heavy atom. The Morgan fingerprint density at radius 3 is 2.23 bits per heavy atom. The molecule has 0 saturated carbocycles. The van der Waals surface area contributed by atoms with Crippen molar-refractivity contribution < 1.29 is 4.79 Å². The molecule has 4 rings (SSSR count). The smallest absolute Gasteiger partial charge is 0.165 e. The van der Waals surface area contributed by atoms with Crippen molar-refractivity contribution in [2.75, 3.05) is 5.32 Å². The summed E-state index contributed by atoms with van der Waals surface area (Å²) < 4.78 is 0. The molecule has 30 heavy (non-hydrogen) atoms. The van der Waals surface area contributed by atoms with Crippen LogP contribution in [-0.2, 0) is 0 Å². The molecule has 0 radical (unpaired) electrons. The maximum atomic E-state index is 13.2. The highest BCUT2D eigenvalue weighted by atomic mass is 16.1. The highest BCUT2D eigenvalue weighted by Crippen LogP contribution is 2.27. The van der Waals surface area contributed by atoms with Gasteiger partial charge >= 0.3 is 0 Å². The quantitative estimate of drug-likeness (QED) is 0.351. The first-order chi connectivity index (χ1) is 14.5. The summed E-state index contributed by atoms with van der Waals surface area (Å²) in [6.07, 6.45) is 0.397. The fourth-order valence-corrected chi connectivity index (χ4v) is 3.75. The molecule has 150 valence electrons. The highest BCUT2D eigenvalue weighted by molar-refractivity contribution is 6.00. The van der Waals surface area contributed by atoms with Gasteiger partial charge in [0.1, 0.15) is 0 Å². The van der Waals surface area contributed by atoms with Crippen molar-refractivity contribution in [1.29, 1.82) is 0 Å². The summed E-state index contributed by atoms with van der Waals surface area (Å²) in [5.74, 6) is 0.141. The number of carbonyl (C=O) groups excluding carboxylic acids is 1. The lowest BCUT2D eigenvalue weighted by Crippen LogP contribution is -2.16. The topological polar surface area (TPSA) is 29.1 Å². The number of hydrogen-bond donors (Lipinski definition) is 1. The number of hydrogen-bond acceptors (Lipinski definition) is 2. The standard InChI is InChI=1S/C28H27NO/c1-19-8-11-23(12-9-19)27(29-26-15-10-20(2)21(3)16-26)18-28(30)25-14-13-22-6-4-5-7-24(22)17-25/h4-17,27,29H,18H2,1-3H3. The van der Waals surface area contributed by atoms with E-state index in [0.717, 1.165) is 27.6 Å². The van der Waals surface area contributed by atoms with Crippen LogP contribution in [0.3, 0.4) is 0 Å². The third kappa shape index (κ3) is 4.44. The molecule has 4 aromatic rings. The van der Waals surface area contributed by atoms with Gasteiger partial charge in [-0.3, -0.25) is 4.79 Å². The number of rotatable bonds is 6. The fourth-order valence-electron chi connectivity index (χ4n) is 3.75. The minimum atomic E-state index is -0.0910. The maximum Gasteiger partial charge on any atom is 0.165 e. The van der Waals surface area contributed by atoms with Crippen molar-refractivity contribution in [2.45, 2.75) is 33.2 Å². The monoisotopic (exact) mass is 393 g/mol. The van der Waals surface area contributed by atoms with Crippen LogP contribution < -0.4 is 5.32 Å². The minimum Gasteiger partial charge on any atom is -0.378 e. The van der Waals surface area contributed by atoms with Crippen molar-refractivity contribution >= 4 is 22.2 Å². The number of anilines is 1. The van der Waals surface area contributed by atoms with Crippen LogP contribution in [0.5, 0.6) is 0 Å². The molecule has 0 amide bonds. The van der Waals surface area contributed by atoms with Crippen LogP contribution in [0, 0.1) is 20.8 Å². The lowest BCUT2D eigenvalue weighted by molar-refractivity contribution is 0.0976. The van der Waals surface area contributed by atoms with Gasteiger partial charge in [0.05, 0.1) is 6.04 Å².